The third-order valence-electron chi connectivity index (χ3n) is 3.03. The van der Waals surface area contributed by atoms with Crippen molar-refractivity contribution >= 4 is 6.21 Å². The standard InChI is InChI=1S/C16H16N4O2/c21-17-12-15-6-5-9-19(14-15)8-3-4-11-20-10-2-1-7-16(20)13-18-22/h1-7,9-10,12-14H,8,11H2/b4-3+,16-13+,17-12+. The zero-order valence-corrected chi connectivity index (χ0v) is 11.9. The summed E-state index contributed by atoms with van der Waals surface area (Å²) in [4.78, 5) is 12.3. The summed E-state index contributed by atoms with van der Waals surface area (Å²) >= 11 is 0. The molecule has 6 nitrogen and oxygen atoms in total. The minimum atomic E-state index is 0.643. The van der Waals surface area contributed by atoms with Crippen molar-refractivity contribution in [3.05, 3.63) is 88.7 Å². The number of hydrogen-bond donors (Lipinski definition) is 0. The van der Waals surface area contributed by atoms with Crippen molar-refractivity contribution in [3.63, 3.8) is 0 Å². The molecule has 0 unspecified atom stereocenters. The molecule has 1 aliphatic heterocycles. The Morgan fingerprint density at radius 3 is 3.05 bits per heavy atom. The molecule has 0 bridgehead atoms. The second-order valence-electron chi connectivity index (χ2n) is 4.55. The van der Waals surface area contributed by atoms with Gasteiger partial charge in [0.15, 0.2) is 18.9 Å². The summed E-state index contributed by atoms with van der Waals surface area (Å²) in [6, 6.07) is 3.68. The van der Waals surface area contributed by atoms with Crippen molar-refractivity contribution in [2.75, 3.05) is 6.54 Å². The number of aromatic nitrogens is 1. The molecule has 1 aromatic rings. The van der Waals surface area contributed by atoms with Crippen LogP contribution in [0.5, 0.6) is 0 Å². The van der Waals surface area contributed by atoms with E-state index in [1.54, 1.807) is 0 Å². The molecular formula is C16H16N4O2. The summed E-state index contributed by atoms with van der Waals surface area (Å²) < 4.78 is 1.95. The van der Waals surface area contributed by atoms with Gasteiger partial charge in [-0.3, -0.25) is 0 Å². The van der Waals surface area contributed by atoms with Crippen LogP contribution in [0.1, 0.15) is 5.56 Å². The average molecular weight is 296 g/mol. The van der Waals surface area contributed by atoms with Crippen molar-refractivity contribution < 1.29 is 4.57 Å². The SMILES string of the molecule is O=N/C=C1\C=CC=CN1C/C=C/C[n+]1cccc(/C=N/[O-])c1. The largest absolute Gasteiger partial charge is 0.792 e. The van der Waals surface area contributed by atoms with Gasteiger partial charge in [-0.1, -0.05) is 12.2 Å². The lowest BCUT2D eigenvalue weighted by molar-refractivity contribution is -0.687. The quantitative estimate of drug-likeness (QED) is 0.266. The zero-order chi connectivity index (χ0) is 15.6. The van der Waals surface area contributed by atoms with Gasteiger partial charge in [-0.2, -0.15) is 0 Å². The van der Waals surface area contributed by atoms with Gasteiger partial charge in [0.2, 0.25) is 0 Å². The molecule has 0 N–H and O–H groups in total. The fourth-order valence-corrected chi connectivity index (χ4v) is 2.00. The molecule has 22 heavy (non-hydrogen) atoms. The van der Waals surface area contributed by atoms with Gasteiger partial charge in [-0.25, -0.2) is 4.57 Å². The molecule has 6 heteroatoms. The molecule has 0 fully saturated rings. The summed E-state index contributed by atoms with van der Waals surface area (Å²) in [5.74, 6) is 0. The maximum absolute atomic E-state index is 10.4. The Morgan fingerprint density at radius 1 is 1.32 bits per heavy atom. The Hall–Kier alpha value is -3.02. The highest BCUT2D eigenvalue weighted by molar-refractivity contribution is 5.78. The van der Waals surface area contributed by atoms with E-state index in [9.17, 15) is 10.1 Å². The highest BCUT2D eigenvalue weighted by atomic mass is 16.4. The molecule has 0 saturated carbocycles. The van der Waals surface area contributed by atoms with Gasteiger partial charge in [0, 0.05) is 25.0 Å². The van der Waals surface area contributed by atoms with Crippen LogP contribution in [0.15, 0.2) is 83.3 Å². The first kappa shape index (κ1) is 15.4. The third-order valence-corrected chi connectivity index (χ3v) is 3.03. The molecule has 0 saturated heterocycles. The van der Waals surface area contributed by atoms with E-state index in [-0.39, 0.29) is 0 Å². The molecule has 112 valence electrons. The number of allylic oxidation sites excluding steroid dienone is 4. The van der Waals surface area contributed by atoms with E-state index in [4.69, 9.17) is 0 Å². The summed E-state index contributed by atoms with van der Waals surface area (Å²) in [6.07, 6.45) is 17.8. The molecule has 0 spiro atoms. The second-order valence-corrected chi connectivity index (χ2v) is 4.55. The lowest BCUT2D eigenvalue weighted by atomic mass is 10.2. The monoisotopic (exact) mass is 296 g/mol. The number of pyridine rings is 1. The first-order chi connectivity index (χ1) is 10.8. The van der Waals surface area contributed by atoms with E-state index >= 15 is 0 Å². The van der Waals surface area contributed by atoms with Crippen LogP contribution in [-0.4, -0.2) is 17.7 Å². The van der Waals surface area contributed by atoms with E-state index in [0.29, 0.717) is 13.1 Å². The van der Waals surface area contributed by atoms with E-state index in [1.165, 1.54) is 12.4 Å². The molecular weight excluding hydrogens is 280 g/mol. The topological polar surface area (TPSA) is 72.0 Å². The van der Waals surface area contributed by atoms with E-state index < -0.39 is 0 Å². The minimum absolute atomic E-state index is 0.643. The van der Waals surface area contributed by atoms with Crippen molar-refractivity contribution in [1.29, 1.82) is 0 Å². The normalized spacial score (nSPS) is 16.2. The molecule has 0 amide bonds. The van der Waals surface area contributed by atoms with Crippen LogP contribution in [-0.2, 0) is 6.54 Å². The third kappa shape index (κ3) is 4.52. The molecule has 0 aliphatic carbocycles. The van der Waals surface area contributed by atoms with Gasteiger partial charge in [0.05, 0.1) is 17.5 Å². The van der Waals surface area contributed by atoms with E-state index in [0.717, 1.165) is 11.3 Å². The number of rotatable bonds is 6. The first-order valence-corrected chi connectivity index (χ1v) is 6.77. The predicted molar refractivity (Wildman–Crippen MR) is 85.6 cm³/mol. The number of hydrogen-bond acceptors (Lipinski definition) is 5. The molecule has 1 aromatic heterocycles. The van der Waals surface area contributed by atoms with Crippen molar-refractivity contribution in [1.82, 2.24) is 4.90 Å². The summed E-state index contributed by atoms with van der Waals surface area (Å²) in [5.41, 5.74) is 1.51. The van der Waals surface area contributed by atoms with Crippen molar-refractivity contribution in [3.8, 4) is 0 Å². The number of nitroso groups, excluding NO2 is 1. The highest BCUT2D eigenvalue weighted by Gasteiger charge is 2.04. The van der Waals surface area contributed by atoms with Crippen LogP contribution in [0.3, 0.4) is 0 Å². The molecule has 2 heterocycles. The van der Waals surface area contributed by atoms with Gasteiger partial charge in [-0.05, 0) is 29.5 Å². The molecule has 1 aliphatic rings. The van der Waals surface area contributed by atoms with Crippen LogP contribution in [0.4, 0.5) is 0 Å². The lowest BCUT2D eigenvalue weighted by Crippen LogP contribution is -2.32. The average Bonchev–Trinajstić information content (AvgIpc) is 2.54. The zero-order valence-electron chi connectivity index (χ0n) is 11.9. The lowest BCUT2D eigenvalue weighted by Gasteiger charge is -2.20. The predicted octanol–water partition coefficient (Wildman–Crippen LogP) is 2.44. The van der Waals surface area contributed by atoms with Gasteiger partial charge >= 0.3 is 0 Å². The first-order valence-electron chi connectivity index (χ1n) is 6.77. The second kappa shape index (κ2) is 8.31. The van der Waals surface area contributed by atoms with Gasteiger partial charge in [0.1, 0.15) is 0 Å². The van der Waals surface area contributed by atoms with Crippen molar-refractivity contribution in [2.24, 2.45) is 10.3 Å². The van der Waals surface area contributed by atoms with Crippen LogP contribution < -0.4 is 4.57 Å². The molecule has 0 radical (unpaired) electrons. The van der Waals surface area contributed by atoms with Crippen LogP contribution in [0.2, 0.25) is 0 Å². The Labute approximate surface area is 128 Å². The molecule has 2 rings (SSSR count). The van der Waals surface area contributed by atoms with Crippen molar-refractivity contribution in [2.45, 2.75) is 6.54 Å². The van der Waals surface area contributed by atoms with Crippen LogP contribution >= 0.6 is 0 Å². The highest BCUT2D eigenvalue weighted by Crippen LogP contribution is 2.12. The van der Waals surface area contributed by atoms with Gasteiger partial charge in [0.25, 0.3) is 0 Å². The summed E-state index contributed by atoms with van der Waals surface area (Å²) in [5, 5.41) is 15.8. The maximum Gasteiger partial charge on any atom is 0.177 e. The maximum atomic E-state index is 10.4. The van der Waals surface area contributed by atoms with Crippen LogP contribution in [0.25, 0.3) is 0 Å². The molecule has 0 atom stereocenters. The minimum Gasteiger partial charge on any atom is -0.792 e. The fourth-order valence-electron chi connectivity index (χ4n) is 2.00. The van der Waals surface area contributed by atoms with E-state index in [1.807, 2.05) is 70.6 Å². The summed E-state index contributed by atoms with van der Waals surface area (Å²) in [7, 11) is 0. The smallest absolute Gasteiger partial charge is 0.177 e. The Morgan fingerprint density at radius 2 is 2.23 bits per heavy atom. The number of nitrogens with zero attached hydrogens (tertiary/aromatic N) is 4. The summed E-state index contributed by atoms with van der Waals surface area (Å²) in [6.45, 7) is 1.32. The Balaban J connectivity index is 1.91. The molecule has 0 aromatic carbocycles. The Bertz CT molecular complexity index is 660. The fraction of sp³-hybridized carbons (Fsp3) is 0.125. The van der Waals surface area contributed by atoms with Crippen LogP contribution in [0, 0.1) is 10.1 Å². The Kier molecular flexibility index (Phi) is 5.80. The van der Waals surface area contributed by atoms with E-state index in [2.05, 4.69) is 10.3 Å². The van der Waals surface area contributed by atoms with Gasteiger partial charge < -0.3 is 15.3 Å². The van der Waals surface area contributed by atoms with Gasteiger partial charge in [-0.15, -0.1) is 4.91 Å².